The largest absolute Gasteiger partial charge is 0.303 e. The number of nitrogens with one attached hydrogen (secondary N) is 2. The molecular formula is C23H20N4O3. The molecule has 3 aromatic rings. The molecule has 1 amide bonds. The van der Waals surface area contributed by atoms with Gasteiger partial charge in [0.15, 0.2) is 0 Å². The lowest BCUT2D eigenvalue weighted by Crippen LogP contribution is -2.41. The van der Waals surface area contributed by atoms with E-state index in [1.54, 1.807) is 23.1 Å². The van der Waals surface area contributed by atoms with Crippen LogP contribution in [0.2, 0.25) is 0 Å². The summed E-state index contributed by atoms with van der Waals surface area (Å²) in [5.74, 6) is -0.318. The predicted molar refractivity (Wildman–Crippen MR) is 112 cm³/mol. The highest BCUT2D eigenvalue weighted by Gasteiger charge is 2.57. The van der Waals surface area contributed by atoms with E-state index in [0.717, 1.165) is 11.3 Å². The Labute approximate surface area is 173 Å². The van der Waals surface area contributed by atoms with Crippen molar-refractivity contribution in [2.45, 2.75) is 18.1 Å². The van der Waals surface area contributed by atoms with Gasteiger partial charge in [0.25, 0.3) is 5.69 Å². The maximum Gasteiger partial charge on any atom is 0.274 e. The van der Waals surface area contributed by atoms with Gasteiger partial charge >= 0.3 is 0 Å². The van der Waals surface area contributed by atoms with E-state index in [1.165, 1.54) is 6.07 Å². The van der Waals surface area contributed by atoms with Gasteiger partial charge in [0.05, 0.1) is 22.6 Å². The van der Waals surface area contributed by atoms with Crippen molar-refractivity contribution in [2.24, 2.45) is 5.92 Å². The first-order valence-corrected chi connectivity index (χ1v) is 9.84. The smallest absolute Gasteiger partial charge is 0.274 e. The van der Waals surface area contributed by atoms with Gasteiger partial charge in [-0.1, -0.05) is 66.7 Å². The summed E-state index contributed by atoms with van der Waals surface area (Å²) in [6, 6.07) is 24.8. The van der Waals surface area contributed by atoms with Crippen LogP contribution in [0.3, 0.4) is 0 Å². The molecule has 5 rings (SSSR count). The Morgan fingerprint density at radius 1 is 0.800 bits per heavy atom. The number of hydrazine groups is 1. The second kappa shape index (κ2) is 7.37. The SMILES string of the molecule is O=C1C2NNC(c3ccccc3)C2C(c2ccccc2[N+](=O)[O-])N1c1ccccc1. The van der Waals surface area contributed by atoms with E-state index >= 15 is 0 Å². The zero-order chi connectivity index (χ0) is 20.7. The molecule has 2 heterocycles. The average Bonchev–Trinajstić information content (AvgIpc) is 3.34. The molecule has 2 N–H and O–H groups in total. The Bertz CT molecular complexity index is 1090. The van der Waals surface area contributed by atoms with Gasteiger partial charge in [0.2, 0.25) is 5.91 Å². The summed E-state index contributed by atoms with van der Waals surface area (Å²) in [4.78, 5) is 26.6. The van der Waals surface area contributed by atoms with Crippen molar-refractivity contribution < 1.29 is 9.72 Å². The lowest BCUT2D eigenvalue weighted by molar-refractivity contribution is -0.385. The minimum absolute atomic E-state index is 0.0237. The number of carbonyl (C=O) groups excluding carboxylic acids is 1. The van der Waals surface area contributed by atoms with Gasteiger partial charge in [-0.25, -0.2) is 10.9 Å². The Balaban J connectivity index is 1.69. The zero-order valence-corrected chi connectivity index (χ0v) is 16.0. The highest BCUT2D eigenvalue weighted by atomic mass is 16.6. The number of fused-ring (bicyclic) bond motifs is 1. The summed E-state index contributed by atoms with van der Waals surface area (Å²) >= 11 is 0. The van der Waals surface area contributed by atoms with Crippen LogP contribution < -0.4 is 15.8 Å². The summed E-state index contributed by atoms with van der Waals surface area (Å²) in [6.07, 6.45) is 0. The molecular weight excluding hydrogens is 380 g/mol. The van der Waals surface area contributed by atoms with Crippen molar-refractivity contribution >= 4 is 17.3 Å². The molecule has 30 heavy (non-hydrogen) atoms. The lowest BCUT2D eigenvalue weighted by Gasteiger charge is -2.31. The van der Waals surface area contributed by atoms with E-state index < -0.39 is 12.1 Å². The van der Waals surface area contributed by atoms with Crippen molar-refractivity contribution in [3.63, 3.8) is 0 Å². The summed E-state index contributed by atoms with van der Waals surface area (Å²) in [5.41, 5.74) is 8.74. The molecule has 7 heteroatoms. The molecule has 2 saturated heterocycles. The van der Waals surface area contributed by atoms with Gasteiger partial charge in [-0.15, -0.1) is 0 Å². The van der Waals surface area contributed by atoms with E-state index in [2.05, 4.69) is 10.9 Å². The first-order valence-electron chi connectivity index (χ1n) is 9.84. The quantitative estimate of drug-likeness (QED) is 0.517. The molecule has 7 nitrogen and oxygen atoms in total. The van der Waals surface area contributed by atoms with E-state index in [4.69, 9.17) is 0 Å². The molecule has 4 unspecified atom stereocenters. The number of carbonyl (C=O) groups is 1. The summed E-state index contributed by atoms with van der Waals surface area (Å²) in [7, 11) is 0. The second-order valence-corrected chi connectivity index (χ2v) is 7.54. The third-order valence-corrected chi connectivity index (χ3v) is 5.96. The number of anilines is 1. The number of nitro groups is 1. The molecule has 150 valence electrons. The van der Waals surface area contributed by atoms with E-state index in [-0.39, 0.29) is 28.5 Å². The van der Waals surface area contributed by atoms with E-state index in [0.29, 0.717) is 5.56 Å². The first kappa shape index (κ1) is 18.5. The molecule has 0 aromatic heterocycles. The molecule has 3 aromatic carbocycles. The molecule has 4 atom stereocenters. The minimum Gasteiger partial charge on any atom is -0.303 e. The van der Waals surface area contributed by atoms with Crippen LogP contribution in [-0.4, -0.2) is 16.9 Å². The summed E-state index contributed by atoms with van der Waals surface area (Å²) in [5, 5.41) is 11.8. The average molecular weight is 400 g/mol. The lowest BCUT2D eigenvalue weighted by atomic mass is 9.83. The highest BCUT2D eigenvalue weighted by molar-refractivity contribution is 6.01. The van der Waals surface area contributed by atoms with Gasteiger partial charge in [-0.2, -0.15) is 0 Å². The van der Waals surface area contributed by atoms with Gasteiger partial charge < -0.3 is 4.90 Å². The van der Waals surface area contributed by atoms with Crippen molar-refractivity contribution in [1.82, 2.24) is 10.9 Å². The Morgan fingerprint density at radius 2 is 1.40 bits per heavy atom. The molecule has 2 aliphatic rings. The molecule has 0 aliphatic carbocycles. The third kappa shape index (κ3) is 2.87. The van der Waals surface area contributed by atoms with Crippen molar-refractivity contribution in [3.05, 3.63) is 106 Å². The number of para-hydroxylation sites is 2. The van der Waals surface area contributed by atoms with Crippen molar-refractivity contribution in [3.8, 4) is 0 Å². The number of hydrogen-bond acceptors (Lipinski definition) is 5. The first-order chi connectivity index (χ1) is 14.7. The monoisotopic (exact) mass is 400 g/mol. The Hall–Kier alpha value is -3.55. The molecule has 0 saturated carbocycles. The fraction of sp³-hybridized carbons (Fsp3) is 0.174. The second-order valence-electron chi connectivity index (χ2n) is 7.54. The summed E-state index contributed by atoms with van der Waals surface area (Å²) in [6.45, 7) is 0. The topological polar surface area (TPSA) is 87.5 Å². The van der Waals surface area contributed by atoms with Gasteiger partial charge in [0, 0.05) is 17.7 Å². The van der Waals surface area contributed by atoms with Crippen LogP contribution >= 0.6 is 0 Å². The molecule has 0 bridgehead atoms. The minimum atomic E-state index is -0.487. The van der Waals surface area contributed by atoms with Crippen LogP contribution in [-0.2, 0) is 4.79 Å². The predicted octanol–water partition coefficient (Wildman–Crippen LogP) is 3.52. The van der Waals surface area contributed by atoms with Crippen LogP contribution in [0.4, 0.5) is 11.4 Å². The van der Waals surface area contributed by atoms with Crippen LogP contribution in [0.1, 0.15) is 23.2 Å². The summed E-state index contributed by atoms with van der Waals surface area (Å²) < 4.78 is 0. The van der Waals surface area contributed by atoms with Crippen LogP contribution in [0, 0.1) is 16.0 Å². The van der Waals surface area contributed by atoms with E-state index in [9.17, 15) is 14.9 Å². The maximum absolute atomic E-state index is 13.5. The van der Waals surface area contributed by atoms with E-state index in [1.807, 2.05) is 60.7 Å². The van der Waals surface area contributed by atoms with Crippen molar-refractivity contribution in [1.29, 1.82) is 0 Å². The van der Waals surface area contributed by atoms with Crippen LogP contribution in [0.25, 0.3) is 0 Å². The van der Waals surface area contributed by atoms with Crippen LogP contribution in [0.15, 0.2) is 84.9 Å². The normalized spacial score (nSPS) is 25.3. The number of benzene rings is 3. The zero-order valence-electron chi connectivity index (χ0n) is 16.0. The molecule has 0 radical (unpaired) electrons. The van der Waals surface area contributed by atoms with Crippen molar-refractivity contribution in [2.75, 3.05) is 4.90 Å². The fourth-order valence-corrected chi connectivity index (χ4v) is 4.71. The Kier molecular flexibility index (Phi) is 4.54. The fourth-order valence-electron chi connectivity index (χ4n) is 4.71. The Morgan fingerprint density at radius 3 is 2.10 bits per heavy atom. The molecule has 0 spiro atoms. The number of nitro benzene ring substituents is 1. The molecule has 2 aliphatic heterocycles. The molecule has 2 fully saturated rings. The van der Waals surface area contributed by atoms with Gasteiger partial charge in [-0.05, 0) is 17.7 Å². The van der Waals surface area contributed by atoms with Crippen LogP contribution in [0.5, 0.6) is 0 Å². The standard InChI is InChI=1S/C23H20N4O3/c28-23-21-19(20(24-25-21)15-9-3-1-4-10-15)22(26(23)16-11-5-2-6-12-16)17-13-7-8-14-18(17)27(29)30/h1-14,19-22,24-25H. The third-order valence-electron chi connectivity index (χ3n) is 5.96. The highest BCUT2D eigenvalue weighted by Crippen LogP contribution is 2.50. The van der Waals surface area contributed by atoms with Gasteiger partial charge in [-0.3, -0.25) is 14.9 Å². The number of nitrogens with zero attached hydrogens (tertiary/aromatic N) is 2. The maximum atomic E-state index is 13.5. The number of rotatable bonds is 4. The van der Waals surface area contributed by atoms with Gasteiger partial charge in [0.1, 0.15) is 6.04 Å². The number of hydrogen-bond donors (Lipinski definition) is 2. The number of amides is 1.